The van der Waals surface area contributed by atoms with Crippen molar-refractivity contribution < 1.29 is 8.42 Å². The SMILES string of the molecule is CN=C(NCCNS(=O)(=O)c1cc(C)ccc1C)NC1CCCCC1.I. The van der Waals surface area contributed by atoms with Gasteiger partial charge in [0, 0.05) is 26.2 Å². The molecule has 0 atom stereocenters. The van der Waals surface area contributed by atoms with Crippen LogP contribution in [-0.4, -0.2) is 40.6 Å². The monoisotopic (exact) mass is 494 g/mol. The number of benzene rings is 1. The predicted octanol–water partition coefficient (Wildman–Crippen LogP) is 2.70. The van der Waals surface area contributed by atoms with Crippen LogP contribution < -0.4 is 15.4 Å². The summed E-state index contributed by atoms with van der Waals surface area (Å²) < 4.78 is 27.6. The van der Waals surface area contributed by atoms with E-state index in [-0.39, 0.29) is 24.0 Å². The van der Waals surface area contributed by atoms with Gasteiger partial charge in [-0.15, -0.1) is 24.0 Å². The highest BCUT2D eigenvalue weighted by Gasteiger charge is 2.17. The molecule has 6 nitrogen and oxygen atoms in total. The van der Waals surface area contributed by atoms with Gasteiger partial charge in [0.1, 0.15) is 0 Å². The molecule has 0 spiro atoms. The van der Waals surface area contributed by atoms with Crippen molar-refractivity contribution in [2.45, 2.75) is 56.9 Å². The number of aryl methyl sites for hydroxylation is 2. The molecule has 8 heteroatoms. The van der Waals surface area contributed by atoms with Crippen molar-refractivity contribution in [1.82, 2.24) is 15.4 Å². The molecule has 148 valence electrons. The van der Waals surface area contributed by atoms with E-state index in [1.807, 2.05) is 26.0 Å². The Hall–Kier alpha value is -0.870. The van der Waals surface area contributed by atoms with Gasteiger partial charge in [-0.3, -0.25) is 4.99 Å². The van der Waals surface area contributed by atoms with E-state index in [1.54, 1.807) is 13.1 Å². The van der Waals surface area contributed by atoms with Gasteiger partial charge in [-0.1, -0.05) is 31.4 Å². The minimum absolute atomic E-state index is 0. The molecule has 0 aliphatic heterocycles. The molecule has 1 aromatic carbocycles. The molecule has 0 aromatic heterocycles. The Kier molecular flexibility index (Phi) is 9.88. The molecule has 1 aromatic rings. The number of guanidine groups is 1. The molecule has 0 amide bonds. The van der Waals surface area contributed by atoms with Crippen molar-refractivity contribution in [1.29, 1.82) is 0 Å². The summed E-state index contributed by atoms with van der Waals surface area (Å²) in [5.41, 5.74) is 1.68. The normalized spacial score (nSPS) is 16.0. The summed E-state index contributed by atoms with van der Waals surface area (Å²) >= 11 is 0. The van der Waals surface area contributed by atoms with Gasteiger partial charge in [-0.25, -0.2) is 13.1 Å². The number of halogens is 1. The Bertz CT molecular complexity index is 701. The summed E-state index contributed by atoms with van der Waals surface area (Å²) in [4.78, 5) is 4.56. The van der Waals surface area contributed by atoms with Crippen LogP contribution >= 0.6 is 24.0 Å². The fourth-order valence-corrected chi connectivity index (χ4v) is 4.44. The molecule has 0 radical (unpaired) electrons. The lowest BCUT2D eigenvalue weighted by atomic mass is 9.96. The minimum atomic E-state index is -3.50. The Morgan fingerprint density at radius 3 is 2.50 bits per heavy atom. The maximum atomic E-state index is 12.5. The topological polar surface area (TPSA) is 82.6 Å². The van der Waals surface area contributed by atoms with Gasteiger partial charge in [-0.2, -0.15) is 0 Å². The minimum Gasteiger partial charge on any atom is -0.355 e. The molecule has 1 saturated carbocycles. The average molecular weight is 494 g/mol. The highest BCUT2D eigenvalue weighted by atomic mass is 127. The molecule has 2 rings (SSSR count). The third-order valence-electron chi connectivity index (χ3n) is 4.51. The van der Waals surface area contributed by atoms with Gasteiger partial charge in [-0.05, 0) is 43.9 Å². The Morgan fingerprint density at radius 2 is 1.85 bits per heavy atom. The van der Waals surface area contributed by atoms with Crippen molar-refractivity contribution in [3.8, 4) is 0 Å². The summed E-state index contributed by atoms with van der Waals surface area (Å²) in [5, 5.41) is 6.59. The van der Waals surface area contributed by atoms with Gasteiger partial charge >= 0.3 is 0 Å². The largest absolute Gasteiger partial charge is 0.355 e. The Labute approximate surface area is 174 Å². The van der Waals surface area contributed by atoms with Crippen LogP contribution in [0.1, 0.15) is 43.2 Å². The summed E-state index contributed by atoms with van der Waals surface area (Å²) in [6.07, 6.45) is 6.15. The number of aliphatic imine (C=N–C) groups is 1. The van der Waals surface area contributed by atoms with E-state index in [1.165, 1.54) is 32.1 Å². The van der Waals surface area contributed by atoms with Gasteiger partial charge in [0.2, 0.25) is 10.0 Å². The van der Waals surface area contributed by atoms with Gasteiger partial charge in [0.25, 0.3) is 0 Å². The molecular weight excluding hydrogens is 463 g/mol. The van der Waals surface area contributed by atoms with E-state index in [9.17, 15) is 8.42 Å². The maximum Gasteiger partial charge on any atom is 0.240 e. The van der Waals surface area contributed by atoms with Crippen LogP contribution in [-0.2, 0) is 10.0 Å². The van der Waals surface area contributed by atoms with Crippen molar-refractivity contribution in [3.63, 3.8) is 0 Å². The summed E-state index contributed by atoms with van der Waals surface area (Å²) in [5.74, 6) is 0.734. The van der Waals surface area contributed by atoms with E-state index in [0.29, 0.717) is 24.0 Å². The third kappa shape index (κ3) is 7.03. The fourth-order valence-electron chi connectivity index (χ4n) is 3.08. The number of hydrogen-bond donors (Lipinski definition) is 3. The van der Waals surface area contributed by atoms with Gasteiger partial charge in [0.15, 0.2) is 5.96 Å². The maximum absolute atomic E-state index is 12.5. The molecule has 26 heavy (non-hydrogen) atoms. The lowest BCUT2D eigenvalue weighted by Crippen LogP contribution is -2.46. The van der Waals surface area contributed by atoms with E-state index in [2.05, 4.69) is 20.3 Å². The van der Waals surface area contributed by atoms with Crippen molar-refractivity contribution in [2.24, 2.45) is 4.99 Å². The van der Waals surface area contributed by atoms with Crippen LogP contribution in [0.3, 0.4) is 0 Å². The third-order valence-corrected chi connectivity index (χ3v) is 6.12. The molecule has 0 heterocycles. The number of rotatable bonds is 6. The lowest BCUT2D eigenvalue weighted by molar-refractivity contribution is 0.410. The first kappa shape index (κ1) is 23.2. The second-order valence-corrected chi connectivity index (χ2v) is 8.38. The van der Waals surface area contributed by atoms with Crippen LogP contribution in [0.15, 0.2) is 28.1 Å². The summed E-state index contributed by atoms with van der Waals surface area (Å²) in [6, 6.07) is 5.91. The second kappa shape index (κ2) is 11.1. The zero-order chi connectivity index (χ0) is 18.3. The molecule has 3 N–H and O–H groups in total. The number of sulfonamides is 1. The smallest absolute Gasteiger partial charge is 0.240 e. The first-order chi connectivity index (χ1) is 11.9. The first-order valence-corrected chi connectivity index (χ1v) is 10.4. The predicted molar refractivity (Wildman–Crippen MR) is 118 cm³/mol. The van der Waals surface area contributed by atoms with Crippen LogP contribution in [0.25, 0.3) is 0 Å². The molecule has 1 aliphatic rings. The van der Waals surface area contributed by atoms with E-state index >= 15 is 0 Å². The van der Waals surface area contributed by atoms with Gasteiger partial charge < -0.3 is 10.6 Å². The highest BCUT2D eigenvalue weighted by molar-refractivity contribution is 14.0. The van der Waals surface area contributed by atoms with E-state index < -0.39 is 10.0 Å². The standard InChI is InChI=1S/C18H30N4O2S.HI/c1-14-9-10-15(2)17(13-14)25(23,24)21-12-11-20-18(19-3)22-16-7-5-4-6-8-16;/h9-10,13,16,21H,4-8,11-12H2,1-3H3,(H2,19,20,22);1H. The van der Waals surface area contributed by atoms with Crippen LogP contribution in [0, 0.1) is 13.8 Å². The highest BCUT2D eigenvalue weighted by Crippen LogP contribution is 2.17. The zero-order valence-corrected chi connectivity index (χ0v) is 19.0. The zero-order valence-electron chi connectivity index (χ0n) is 15.8. The number of nitrogens with zero attached hydrogens (tertiary/aromatic N) is 1. The second-order valence-electron chi connectivity index (χ2n) is 6.64. The van der Waals surface area contributed by atoms with Crippen LogP contribution in [0.5, 0.6) is 0 Å². The van der Waals surface area contributed by atoms with Crippen molar-refractivity contribution in [3.05, 3.63) is 29.3 Å². The van der Waals surface area contributed by atoms with Crippen LogP contribution in [0.2, 0.25) is 0 Å². The van der Waals surface area contributed by atoms with Crippen molar-refractivity contribution >= 4 is 40.0 Å². The molecule has 0 bridgehead atoms. The summed E-state index contributed by atoms with van der Waals surface area (Å²) in [7, 11) is -1.76. The number of hydrogen-bond acceptors (Lipinski definition) is 3. The Morgan fingerprint density at radius 1 is 1.15 bits per heavy atom. The Balaban J connectivity index is 0.00000338. The molecule has 1 aliphatic carbocycles. The molecule has 1 fully saturated rings. The lowest BCUT2D eigenvalue weighted by Gasteiger charge is -2.24. The summed E-state index contributed by atoms with van der Waals surface area (Å²) in [6.45, 7) is 4.49. The van der Waals surface area contributed by atoms with E-state index in [0.717, 1.165) is 17.1 Å². The fraction of sp³-hybridized carbons (Fsp3) is 0.611. The van der Waals surface area contributed by atoms with Crippen LogP contribution in [0.4, 0.5) is 0 Å². The number of nitrogens with one attached hydrogen (secondary N) is 3. The molecular formula is C18H31IN4O2S. The quantitative estimate of drug-likeness (QED) is 0.246. The van der Waals surface area contributed by atoms with Crippen molar-refractivity contribution in [2.75, 3.05) is 20.1 Å². The first-order valence-electron chi connectivity index (χ1n) is 8.96. The average Bonchev–Trinajstić information content (AvgIpc) is 2.60. The molecule has 0 unspecified atom stereocenters. The van der Waals surface area contributed by atoms with E-state index in [4.69, 9.17) is 0 Å². The molecule has 0 saturated heterocycles. The van der Waals surface area contributed by atoms with Gasteiger partial charge in [0.05, 0.1) is 4.90 Å².